The number of nitrogens with zero attached hydrogens (tertiary/aromatic N) is 1. The van der Waals surface area contributed by atoms with Crippen molar-refractivity contribution in [3.63, 3.8) is 0 Å². The lowest BCUT2D eigenvalue weighted by Crippen LogP contribution is -2.49. The number of rotatable bonds is 11. The van der Waals surface area contributed by atoms with Crippen molar-refractivity contribution in [3.05, 3.63) is 68.7 Å². The largest absolute Gasteiger partial charge is 0.354 e. The van der Waals surface area contributed by atoms with Crippen molar-refractivity contribution in [3.8, 4) is 0 Å². The van der Waals surface area contributed by atoms with Gasteiger partial charge in [0.15, 0.2) is 0 Å². The van der Waals surface area contributed by atoms with Gasteiger partial charge in [-0.15, -0.1) is 11.8 Å². The van der Waals surface area contributed by atoms with Crippen molar-refractivity contribution < 1.29 is 9.59 Å². The van der Waals surface area contributed by atoms with Crippen LogP contribution in [0.3, 0.4) is 0 Å². The lowest BCUT2D eigenvalue weighted by atomic mass is 10.1. The number of amides is 2. The van der Waals surface area contributed by atoms with Crippen LogP contribution in [0.5, 0.6) is 0 Å². The molecular weight excluding hydrogens is 475 g/mol. The molecule has 0 saturated carbocycles. The molecule has 0 aliphatic carbocycles. The molecule has 31 heavy (non-hydrogen) atoms. The Bertz CT molecular complexity index is 878. The number of nitrogens with one attached hydrogen (secondary N) is 1. The lowest BCUT2D eigenvalue weighted by Gasteiger charge is -2.30. The Morgan fingerprint density at radius 1 is 1.03 bits per heavy atom. The average molecular weight is 502 g/mol. The molecule has 0 saturated heterocycles. The highest BCUT2D eigenvalue weighted by atomic mass is 35.5. The minimum Gasteiger partial charge on any atom is -0.354 e. The summed E-state index contributed by atoms with van der Waals surface area (Å²) >= 11 is 19.6. The van der Waals surface area contributed by atoms with Crippen molar-refractivity contribution in [2.45, 2.75) is 45.0 Å². The van der Waals surface area contributed by atoms with E-state index in [1.807, 2.05) is 32.0 Å². The van der Waals surface area contributed by atoms with Crippen LogP contribution in [0.1, 0.15) is 37.8 Å². The summed E-state index contributed by atoms with van der Waals surface area (Å²) in [4.78, 5) is 27.6. The SMILES string of the molecule is CCCNC(=O)[C@H](CC)N(Cc1ccc(Cl)cc1)C(=O)CSCc1ccc(Cl)cc1Cl. The van der Waals surface area contributed by atoms with E-state index in [0.29, 0.717) is 40.3 Å². The summed E-state index contributed by atoms with van der Waals surface area (Å²) in [7, 11) is 0. The molecule has 0 bridgehead atoms. The molecule has 2 rings (SSSR count). The normalized spacial score (nSPS) is 11.8. The molecule has 2 aromatic carbocycles. The highest BCUT2D eigenvalue weighted by molar-refractivity contribution is 7.99. The highest BCUT2D eigenvalue weighted by Crippen LogP contribution is 2.25. The second-order valence-electron chi connectivity index (χ2n) is 7.09. The molecule has 0 unspecified atom stereocenters. The molecule has 0 fully saturated rings. The fourth-order valence-corrected chi connectivity index (χ4v) is 4.64. The van der Waals surface area contributed by atoms with Gasteiger partial charge in [-0.2, -0.15) is 0 Å². The van der Waals surface area contributed by atoms with Crippen LogP contribution in [0.15, 0.2) is 42.5 Å². The Balaban J connectivity index is 2.11. The number of carbonyl (C=O) groups excluding carboxylic acids is 2. The van der Waals surface area contributed by atoms with Gasteiger partial charge in [-0.25, -0.2) is 0 Å². The van der Waals surface area contributed by atoms with Crippen LogP contribution in [0.4, 0.5) is 0 Å². The van der Waals surface area contributed by atoms with E-state index in [0.717, 1.165) is 17.5 Å². The summed E-state index contributed by atoms with van der Waals surface area (Å²) in [5.41, 5.74) is 1.84. The third-order valence-electron chi connectivity index (χ3n) is 4.70. The van der Waals surface area contributed by atoms with E-state index in [1.54, 1.807) is 29.2 Å². The van der Waals surface area contributed by atoms with Crippen molar-refractivity contribution in [2.24, 2.45) is 0 Å². The first-order chi connectivity index (χ1) is 14.8. The van der Waals surface area contributed by atoms with Gasteiger partial charge in [0.25, 0.3) is 0 Å². The zero-order valence-electron chi connectivity index (χ0n) is 17.7. The van der Waals surface area contributed by atoms with Crippen LogP contribution in [0.2, 0.25) is 15.1 Å². The summed E-state index contributed by atoms with van der Waals surface area (Å²) in [6.45, 7) is 4.84. The van der Waals surface area contributed by atoms with E-state index in [1.165, 1.54) is 11.8 Å². The first-order valence-corrected chi connectivity index (χ1v) is 12.5. The minimum atomic E-state index is -0.533. The van der Waals surface area contributed by atoms with Crippen LogP contribution in [0, 0.1) is 0 Å². The van der Waals surface area contributed by atoms with E-state index in [-0.39, 0.29) is 17.6 Å². The fraction of sp³-hybridized carbons (Fsp3) is 0.391. The number of halogens is 3. The molecule has 168 valence electrons. The molecule has 4 nitrogen and oxygen atoms in total. The second kappa shape index (κ2) is 13.2. The van der Waals surface area contributed by atoms with Crippen LogP contribution in [0.25, 0.3) is 0 Å². The van der Waals surface area contributed by atoms with Gasteiger partial charge in [-0.3, -0.25) is 9.59 Å². The first kappa shape index (κ1) is 25.9. The van der Waals surface area contributed by atoms with Crippen molar-refractivity contribution >= 4 is 58.4 Å². The number of benzene rings is 2. The van der Waals surface area contributed by atoms with Crippen molar-refractivity contribution in [1.29, 1.82) is 0 Å². The van der Waals surface area contributed by atoms with Gasteiger partial charge >= 0.3 is 0 Å². The molecule has 1 atom stereocenters. The Morgan fingerprint density at radius 3 is 2.32 bits per heavy atom. The van der Waals surface area contributed by atoms with Gasteiger partial charge in [0.2, 0.25) is 11.8 Å². The molecule has 0 heterocycles. The van der Waals surface area contributed by atoms with E-state index >= 15 is 0 Å². The zero-order chi connectivity index (χ0) is 22.8. The fourth-order valence-electron chi connectivity index (χ4n) is 3.04. The Kier molecular flexibility index (Phi) is 11.0. The van der Waals surface area contributed by atoms with Crippen LogP contribution < -0.4 is 5.32 Å². The second-order valence-corrected chi connectivity index (χ2v) is 9.36. The van der Waals surface area contributed by atoms with Crippen LogP contribution >= 0.6 is 46.6 Å². The van der Waals surface area contributed by atoms with Gasteiger partial charge in [0.1, 0.15) is 6.04 Å². The van der Waals surface area contributed by atoms with Gasteiger partial charge in [0.05, 0.1) is 5.75 Å². The monoisotopic (exact) mass is 500 g/mol. The molecule has 2 amide bonds. The first-order valence-electron chi connectivity index (χ1n) is 10.2. The molecule has 1 N–H and O–H groups in total. The maximum absolute atomic E-state index is 13.2. The van der Waals surface area contributed by atoms with E-state index in [4.69, 9.17) is 34.8 Å². The average Bonchev–Trinajstić information content (AvgIpc) is 2.74. The number of hydrogen-bond donors (Lipinski definition) is 1. The van der Waals surface area contributed by atoms with Crippen LogP contribution in [-0.4, -0.2) is 35.1 Å². The predicted molar refractivity (Wildman–Crippen MR) is 132 cm³/mol. The quantitative estimate of drug-likeness (QED) is 0.398. The molecule has 2 aromatic rings. The summed E-state index contributed by atoms with van der Waals surface area (Å²) in [5, 5.41) is 4.70. The van der Waals surface area contributed by atoms with Crippen LogP contribution in [-0.2, 0) is 21.9 Å². The van der Waals surface area contributed by atoms with E-state index < -0.39 is 6.04 Å². The number of thioether (sulfide) groups is 1. The zero-order valence-corrected chi connectivity index (χ0v) is 20.8. The Morgan fingerprint density at radius 2 is 1.71 bits per heavy atom. The van der Waals surface area contributed by atoms with Gasteiger partial charge in [0, 0.05) is 33.9 Å². The van der Waals surface area contributed by atoms with Gasteiger partial charge in [-0.1, -0.05) is 66.8 Å². The minimum absolute atomic E-state index is 0.0939. The number of carbonyl (C=O) groups is 2. The molecule has 0 aromatic heterocycles. The molecule has 0 aliphatic rings. The third-order valence-corrected chi connectivity index (χ3v) is 6.50. The van der Waals surface area contributed by atoms with Crippen molar-refractivity contribution in [2.75, 3.05) is 12.3 Å². The smallest absolute Gasteiger partial charge is 0.242 e. The Labute approximate surface area is 203 Å². The van der Waals surface area contributed by atoms with Gasteiger partial charge < -0.3 is 10.2 Å². The summed E-state index contributed by atoms with van der Waals surface area (Å²) in [6, 6.07) is 12.1. The predicted octanol–water partition coefficient (Wildman–Crippen LogP) is 6.21. The third kappa shape index (κ3) is 8.23. The summed E-state index contributed by atoms with van der Waals surface area (Å²) in [6.07, 6.45) is 1.37. The molecular formula is C23H27Cl3N2O2S. The summed E-state index contributed by atoms with van der Waals surface area (Å²) < 4.78 is 0. The molecule has 0 spiro atoms. The standard InChI is InChI=1S/C23H27Cl3N2O2S/c1-3-11-27-23(30)21(4-2)28(13-16-5-8-18(24)9-6-16)22(29)15-31-14-17-7-10-19(25)12-20(17)26/h5-10,12,21H,3-4,11,13-15H2,1-2H3,(H,27,30)/t21-/m0/s1. The number of hydrogen-bond acceptors (Lipinski definition) is 3. The maximum Gasteiger partial charge on any atom is 0.242 e. The Hall–Kier alpha value is -1.40. The highest BCUT2D eigenvalue weighted by Gasteiger charge is 2.28. The topological polar surface area (TPSA) is 49.4 Å². The molecule has 8 heteroatoms. The van der Waals surface area contributed by atoms with Gasteiger partial charge in [-0.05, 0) is 48.2 Å². The van der Waals surface area contributed by atoms with E-state index in [2.05, 4.69) is 5.32 Å². The summed E-state index contributed by atoms with van der Waals surface area (Å²) in [5.74, 6) is 0.598. The van der Waals surface area contributed by atoms with E-state index in [9.17, 15) is 9.59 Å². The molecule has 0 radical (unpaired) electrons. The lowest BCUT2D eigenvalue weighted by molar-refractivity contribution is -0.139. The maximum atomic E-state index is 13.2. The molecule has 0 aliphatic heterocycles. The van der Waals surface area contributed by atoms with Crippen molar-refractivity contribution in [1.82, 2.24) is 10.2 Å².